The fourth-order valence-corrected chi connectivity index (χ4v) is 3.04. The van der Waals surface area contributed by atoms with Crippen LogP contribution in [0.4, 0.5) is 0 Å². The van der Waals surface area contributed by atoms with Crippen LogP contribution in [-0.4, -0.2) is 30.6 Å². The van der Waals surface area contributed by atoms with Gasteiger partial charge in [-0.1, -0.05) is 43.7 Å². The van der Waals surface area contributed by atoms with Gasteiger partial charge in [0.25, 0.3) is 0 Å². The number of nitrogens with zero attached hydrogens (tertiary/aromatic N) is 1. The monoisotopic (exact) mass is 260 g/mol. The van der Waals surface area contributed by atoms with Gasteiger partial charge in [-0.2, -0.15) is 0 Å². The predicted octanol–water partition coefficient (Wildman–Crippen LogP) is 3.60. The molecular formula is C17H28N2. The lowest BCUT2D eigenvalue weighted by Gasteiger charge is -2.34. The van der Waals surface area contributed by atoms with Gasteiger partial charge in [-0.3, -0.25) is 4.90 Å². The van der Waals surface area contributed by atoms with Gasteiger partial charge < -0.3 is 5.32 Å². The molecule has 0 aromatic heterocycles. The van der Waals surface area contributed by atoms with E-state index in [-0.39, 0.29) is 0 Å². The van der Waals surface area contributed by atoms with Crippen molar-refractivity contribution in [3.63, 3.8) is 0 Å². The first-order chi connectivity index (χ1) is 9.31. The quantitative estimate of drug-likeness (QED) is 0.840. The van der Waals surface area contributed by atoms with Crippen molar-refractivity contribution in [1.29, 1.82) is 0 Å². The Hall–Kier alpha value is -0.860. The highest BCUT2D eigenvalue weighted by molar-refractivity contribution is 5.18. The minimum absolute atomic E-state index is 0.518. The number of nitrogens with one attached hydrogen (secondary N) is 1. The van der Waals surface area contributed by atoms with Crippen molar-refractivity contribution in [2.45, 2.75) is 51.6 Å². The van der Waals surface area contributed by atoms with E-state index in [0.717, 1.165) is 0 Å². The third-order valence-electron chi connectivity index (χ3n) is 4.21. The van der Waals surface area contributed by atoms with Crippen molar-refractivity contribution in [3.8, 4) is 0 Å². The summed E-state index contributed by atoms with van der Waals surface area (Å²) in [4.78, 5) is 2.64. The first kappa shape index (κ1) is 14.5. The van der Waals surface area contributed by atoms with Crippen LogP contribution in [0.25, 0.3) is 0 Å². The second kappa shape index (κ2) is 7.66. The van der Waals surface area contributed by atoms with E-state index < -0.39 is 0 Å². The number of piperidine rings is 1. The predicted molar refractivity (Wildman–Crippen MR) is 82.4 cm³/mol. The van der Waals surface area contributed by atoms with Gasteiger partial charge in [0.05, 0.1) is 0 Å². The van der Waals surface area contributed by atoms with E-state index in [9.17, 15) is 0 Å². The van der Waals surface area contributed by atoms with E-state index in [1.165, 1.54) is 50.9 Å². The molecule has 0 spiro atoms. The van der Waals surface area contributed by atoms with Crippen LogP contribution >= 0.6 is 0 Å². The van der Waals surface area contributed by atoms with Gasteiger partial charge in [-0.15, -0.1) is 0 Å². The molecule has 2 nitrogen and oxygen atoms in total. The minimum atomic E-state index is 0.518. The van der Waals surface area contributed by atoms with Crippen molar-refractivity contribution in [3.05, 3.63) is 35.9 Å². The molecule has 1 heterocycles. The SMILES string of the molecule is CCCN(CC1CCCCN1)C(C)c1ccccc1. The summed E-state index contributed by atoms with van der Waals surface area (Å²) < 4.78 is 0. The normalized spacial score (nSPS) is 21.5. The first-order valence-corrected chi connectivity index (χ1v) is 7.83. The molecule has 0 amide bonds. The van der Waals surface area contributed by atoms with Crippen LogP contribution in [0.2, 0.25) is 0 Å². The molecule has 1 aromatic carbocycles. The zero-order chi connectivity index (χ0) is 13.5. The number of benzene rings is 1. The Kier molecular flexibility index (Phi) is 5.87. The minimum Gasteiger partial charge on any atom is -0.313 e. The maximum atomic E-state index is 3.67. The third kappa shape index (κ3) is 4.32. The summed E-state index contributed by atoms with van der Waals surface area (Å²) >= 11 is 0. The number of hydrogen-bond donors (Lipinski definition) is 1. The fourth-order valence-electron chi connectivity index (χ4n) is 3.04. The molecule has 1 saturated heterocycles. The Morgan fingerprint density at radius 3 is 2.68 bits per heavy atom. The average molecular weight is 260 g/mol. The summed E-state index contributed by atoms with van der Waals surface area (Å²) in [6.07, 6.45) is 5.29. The molecule has 2 unspecified atom stereocenters. The van der Waals surface area contributed by atoms with Crippen molar-refractivity contribution >= 4 is 0 Å². The molecule has 0 aliphatic carbocycles. The molecule has 1 aromatic rings. The van der Waals surface area contributed by atoms with Crippen LogP contribution in [-0.2, 0) is 0 Å². The highest BCUT2D eigenvalue weighted by Crippen LogP contribution is 2.21. The van der Waals surface area contributed by atoms with Gasteiger partial charge in [-0.25, -0.2) is 0 Å². The summed E-state index contributed by atoms with van der Waals surface area (Å²) in [5, 5.41) is 3.67. The molecule has 2 rings (SSSR count). The van der Waals surface area contributed by atoms with E-state index in [4.69, 9.17) is 0 Å². The Labute approximate surface area is 118 Å². The molecule has 2 heteroatoms. The lowest BCUT2D eigenvalue weighted by atomic mass is 10.0. The standard InChI is InChI=1S/C17H28N2/c1-3-13-19(14-17-11-7-8-12-18-17)15(2)16-9-5-4-6-10-16/h4-6,9-10,15,17-18H,3,7-8,11-14H2,1-2H3. The molecule has 1 aliphatic heterocycles. The lowest BCUT2D eigenvalue weighted by Crippen LogP contribution is -2.44. The summed E-state index contributed by atoms with van der Waals surface area (Å²) in [7, 11) is 0. The molecular weight excluding hydrogens is 232 g/mol. The lowest BCUT2D eigenvalue weighted by molar-refractivity contribution is 0.176. The topological polar surface area (TPSA) is 15.3 Å². The van der Waals surface area contributed by atoms with Crippen LogP contribution in [0.5, 0.6) is 0 Å². The molecule has 2 atom stereocenters. The van der Waals surface area contributed by atoms with Gasteiger partial charge in [0.15, 0.2) is 0 Å². The molecule has 1 aliphatic rings. The fraction of sp³-hybridized carbons (Fsp3) is 0.647. The Bertz CT molecular complexity index is 344. The second-order valence-corrected chi connectivity index (χ2v) is 5.73. The zero-order valence-electron chi connectivity index (χ0n) is 12.4. The van der Waals surface area contributed by atoms with E-state index in [0.29, 0.717) is 12.1 Å². The largest absolute Gasteiger partial charge is 0.313 e. The number of hydrogen-bond acceptors (Lipinski definition) is 2. The molecule has 0 bridgehead atoms. The van der Waals surface area contributed by atoms with Crippen molar-refractivity contribution in [2.75, 3.05) is 19.6 Å². The van der Waals surface area contributed by atoms with Crippen LogP contribution in [0.1, 0.15) is 51.1 Å². The Balaban J connectivity index is 1.97. The van der Waals surface area contributed by atoms with E-state index in [1.54, 1.807) is 0 Å². The highest BCUT2D eigenvalue weighted by Gasteiger charge is 2.20. The van der Waals surface area contributed by atoms with Crippen molar-refractivity contribution < 1.29 is 0 Å². The van der Waals surface area contributed by atoms with Gasteiger partial charge in [0.1, 0.15) is 0 Å². The first-order valence-electron chi connectivity index (χ1n) is 7.83. The van der Waals surface area contributed by atoms with E-state index >= 15 is 0 Å². The smallest absolute Gasteiger partial charge is 0.0320 e. The van der Waals surface area contributed by atoms with E-state index in [1.807, 2.05) is 0 Å². The van der Waals surface area contributed by atoms with Crippen LogP contribution in [0.3, 0.4) is 0 Å². The maximum absolute atomic E-state index is 3.67. The number of rotatable bonds is 6. The van der Waals surface area contributed by atoms with E-state index in [2.05, 4.69) is 54.4 Å². The van der Waals surface area contributed by atoms with Crippen LogP contribution in [0.15, 0.2) is 30.3 Å². The highest BCUT2D eigenvalue weighted by atomic mass is 15.2. The van der Waals surface area contributed by atoms with Crippen molar-refractivity contribution in [1.82, 2.24) is 10.2 Å². The molecule has 19 heavy (non-hydrogen) atoms. The molecule has 1 N–H and O–H groups in total. The summed E-state index contributed by atoms with van der Waals surface area (Å²) in [5.74, 6) is 0. The van der Waals surface area contributed by atoms with Gasteiger partial charge in [-0.05, 0) is 44.8 Å². The summed E-state index contributed by atoms with van der Waals surface area (Å²) in [6.45, 7) is 8.19. The van der Waals surface area contributed by atoms with Crippen LogP contribution in [0, 0.1) is 0 Å². The Morgan fingerprint density at radius 2 is 2.05 bits per heavy atom. The zero-order valence-corrected chi connectivity index (χ0v) is 12.4. The maximum Gasteiger partial charge on any atom is 0.0320 e. The van der Waals surface area contributed by atoms with Crippen LogP contribution < -0.4 is 5.32 Å². The van der Waals surface area contributed by atoms with Gasteiger partial charge in [0, 0.05) is 18.6 Å². The average Bonchev–Trinajstić information content (AvgIpc) is 2.48. The summed E-state index contributed by atoms with van der Waals surface area (Å²) in [5.41, 5.74) is 1.44. The molecule has 0 radical (unpaired) electrons. The Morgan fingerprint density at radius 1 is 1.26 bits per heavy atom. The molecule has 106 valence electrons. The summed E-state index contributed by atoms with van der Waals surface area (Å²) in [6, 6.07) is 12.1. The van der Waals surface area contributed by atoms with Gasteiger partial charge >= 0.3 is 0 Å². The van der Waals surface area contributed by atoms with Gasteiger partial charge in [0.2, 0.25) is 0 Å². The third-order valence-corrected chi connectivity index (χ3v) is 4.21. The molecule has 1 fully saturated rings. The second-order valence-electron chi connectivity index (χ2n) is 5.73. The van der Waals surface area contributed by atoms with Crippen molar-refractivity contribution in [2.24, 2.45) is 0 Å². The molecule has 0 saturated carbocycles.